The SMILES string of the molecule is Cc1cc(NC(C)c2ccsc2)ncc1[N+](=O)[O-]. The molecule has 18 heavy (non-hydrogen) atoms. The van der Waals surface area contributed by atoms with Crippen LogP contribution in [-0.2, 0) is 0 Å². The molecule has 0 bridgehead atoms. The summed E-state index contributed by atoms with van der Waals surface area (Å²) >= 11 is 1.64. The standard InChI is InChI=1S/C12H13N3O2S/c1-8-5-12(13-6-11(8)15(16)17)14-9(2)10-3-4-18-7-10/h3-7,9H,1-2H3,(H,13,14). The van der Waals surface area contributed by atoms with Crippen molar-refractivity contribution in [2.24, 2.45) is 0 Å². The first-order valence-corrected chi connectivity index (χ1v) is 6.42. The van der Waals surface area contributed by atoms with Crippen LogP contribution >= 0.6 is 11.3 Å². The Balaban J connectivity index is 2.15. The maximum atomic E-state index is 10.7. The second-order valence-corrected chi connectivity index (χ2v) is 4.82. The molecule has 0 aliphatic carbocycles. The van der Waals surface area contributed by atoms with E-state index in [0.717, 1.165) is 0 Å². The summed E-state index contributed by atoms with van der Waals surface area (Å²) in [5.41, 5.74) is 1.83. The van der Waals surface area contributed by atoms with Crippen LogP contribution in [0.2, 0.25) is 0 Å². The van der Waals surface area contributed by atoms with E-state index in [1.54, 1.807) is 24.3 Å². The van der Waals surface area contributed by atoms with Crippen molar-refractivity contribution in [1.29, 1.82) is 0 Å². The zero-order valence-electron chi connectivity index (χ0n) is 10.1. The zero-order chi connectivity index (χ0) is 13.1. The fourth-order valence-electron chi connectivity index (χ4n) is 1.65. The molecule has 2 heterocycles. The highest BCUT2D eigenvalue weighted by Crippen LogP contribution is 2.23. The van der Waals surface area contributed by atoms with E-state index in [9.17, 15) is 10.1 Å². The van der Waals surface area contributed by atoms with E-state index in [-0.39, 0.29) is 11.7 Å². The Kier molecular flexibility index (Phi) is 3.57. The molecule has 94 valence electrons. The topological polar surface area (TPSA) is 68.1 Å². The fraction of sp³-hybridized carbons (Fsp3) is 0.250. The molecular formula is C12H13N3O2S. The molecule has 0 amide bonds. The Labute approximate surface area is 109 Å². The average Bonchev–Trinajstić information content (AvgIpc) is 2.81. The highest BCUT2D eigenvalue weighted by molar-refractivity contribution is 7.07. The smallest absolute Gasteiger partial charge is 0.290 e. The quantitative estimate of drug-likeness (QED) is 0.676. The monoisotopic (exact) mass is 263 g/mol. The van der Waals surface area contributed by atoms with Gasteiger partial charge < -0.3 is 5.32 Å². The van der Waals surface area contributed by atoms with E-state index >= 15 is 0 Å². The van der Waals surface area contributed by atoms with Crippen molar-refractivity contribution >= 4 is 22.8 Å². The molecule has 0 fully saturated rings. The molecule has 0 spiro atoms. The highest BCUT2D eigenvalue weighted by atomic mass is 32.1. The number of pyridine rings is 1. The molecule has 6 heteroatoms. The van der Waals surface area contributed by atoms with Gasteiger partial charge in [0.25, 0.3) is 5.69 Å². The van der Waals surface area contributed by atoms with Crippen molar-refractivity contribution in [3.8, 4) is 0 Å². The summed E-state index contributed by atoms with van der Waals surface area (Å²) in [5, 5.41) is 18.0. The first kappa shape index (κ1) is 12.5. The summed E-state index contributed by atoms with van der Waals surface area (Å²) in [7, 11) is 0. The van der Waals surface area contributed by atoms with Crippen molar-refractivity contribution in [1.82, 2.24) is 4.98 Å². The Morgan fingerprint density at radius 2 is 2.33 bits per heavy atom. The number of nitro groups is 1. The van der Waals surface area contributed by atoms with Crippen molar-refractivity contribution < 1.29 is 4.92 Å². The molecule has 2 aromatic rings. The Hall–Kier alpha value is -1.95. The Morgan fingerprint density at radius 1 is 1.56 bits per heavy atom. The second-order valence-electron chi connectivity index (χ2n) is 4.04. The van der Waals surface area contributed by atoms with Crippen LogP contribution in [-0.4, -0.2) is 9.91 Å². The van der Waals surface area contributed by atoms with Crippen LogP contribution < -0.4 is 5.32 Å². The predicted octanol–water partition coefficient (Wildman–Crippen LogP) is 3.53. The van der Waals surface area contributed by atoms with Crippen molar-refractivity contribution in [2.45, 2.75) is 19.9 Å². The van der Waals surface area contributed by atoms with Gasteiger partial charge in [-0.25, -0.2) is 4.98 Å². The summed E-state index contributed by atoms with van der Waals surface area (Å²) in [6.07, 6.45) is 1.29. The lowest BCUT2D eigenvalue weighted by Gasteiger charge is -2.13. The van der Waals surface area contributed by atoms with Gasteiger partial charge in [0, 0.05) is 5.56 Å². The number of aromatic nitrogens is 1. The van der Waals surface area contributed by atoms with Crippen LogP contribution in [0.5, 0.6) is 0 Å². The number of aryl methyl sites for hydroxylation is 1. The molecule has 2 rings (SSSR count). The van der Waals surface area contributed by atoms with E-state index in [1.165, 1.54) is 11.8 Å². The molecule has 1 N–H and O–H groups in total. The van der Waals surface area contributed by atoms with E-state index < -0.39 is 4.92 Å². The normalized spacial score (nSPS) is 12.1. The van der Waals surface area contributed by atoms with Gasteiger partial charge in [-0.1, -0.05) is 0 Å². The van der Waals surface area contributed by atoms with Gasteiger partial charge >= 0.3 is 0 Å². The number of nitrogens with zero attached hydrogens (tertiary/aromatic N) is 2. The van der Waals surface area contributed by atoms with Crippen LogP contribution in [0, 0.1) is 17.0 Å². The first-order valence-electron chi connectivity index (χ1n) is 5.47. The Bertz CT molecular complexity index is 554. The van der Waals surface area contributed by atoms with Gasteiger partial charge in [-0.2, -0.15) is 11.3 Å². The van der Waals surface area contributed by atoms with Gasteiger partial charge in [-0.05, 0) is 42.3 Å². The second kappa shape index (κ2) is 5.14. The van der Waals surface area contributed by atoms with E-state index in [0.29, 0.717) is 11.4 Å². The van der Waals surface area contributed by atoms with Gasteiger partial charge in [0.15, 0.2) is 0 Å². The van der Waals surface area contributed by atoms with Gasteiger partial charge in [-0.15, -0.1) is 0 Å². The molecule has 0 saturated carbocycles. The zero-order valence-corrected chi connectivity index (χ0v) is 10.9. The molecule has 0 aromatic carbocycles. The van der Waals surface area contributed by atoms with Crippen molar-refractivity contribution in [2.75, 3.05) is 5.32 Å². The molecule has 1 atom stereocenters. The van der Waals surface area contributed by atoms with E-state index in [4.69, 9.17) is 0 Å². The minimum atomic E-state index is -0.422. The summed E-state index contributed by atoms with van der Waals surface area (Å²) in [4.78, 5) is 14.3. The van der Waals surface area contributed by atoms with Crippen LogP contribution in [0.25, 0.3) is 0 Å². The van der Waals surface area contributed by atoms with Gasteiger partial charge in [-0.3, -0.25) is 10.1 Å². The van der Waals surface area contributed by atoms with E-state index in [2.05, 4.69) is 15.7 Å². The third-order valence-electron chi connectivity index (χ3n) is 2.69. The number of hydrogen-bond acceptors (Lipinski definition) is 5. The third-order valence-corrected chi connectivity index (χ3v) is 3.39. The molecule has 0 saturated heterocycles. The molecule has 5 nitrogen and oxygen atoms in total. The summed E-state index contributed by atoms with van der Waals surface area (Å²) in [6.45, 7) is 3.74. The van der Waals surface area contributed by atoms with Crippen LogP contribution in [0.4, 0.5) is 11.5 Å². The minimum Gasteiger partial charge on any atom is -0.364 e. The van der Waals surface area contributed by atoms with Gasteiger partial charge in [0.05, 0.1) is 11.0 Å². The number of rotatable bonds is 4. The lowest BCUT2D eigenvalue weighted by Crippen LogP contribution is -2.07. The molecular weight excluding hydrogens is 250 g/mol. The van der Waals surface area contributed by atoms with Gasteiger partial charge in [0.2, 0.25) is 0 Å². The highest BCUT2D eigenvalue weighted by Gasteiger charge is 2.13. The summed E-state index contributed by atoms with van der Waals surface area (Å²) in [5.74, 6) is 0.650. The molecule has 1 unspecified atom stereocenters. The van der Waals surface area contributed by atoms with Crippen molar-refractivity contribution in [3.05, 3.63) is 50.3 Å². The molecule has 2 aromatic heterocycles. The maximum absolute atomic E-state index is 10.7. The van der Waals surface area contributed by atoms with Crippen LogP contribution in [0.3, 0.4) is 0 Å². The van der Waals surface area contributed by atoms with Crippen molar-refractivity contribution in [3.63, 3.8) is 0 Å². The molecule has 0 aliphatic heterocycles. The van der Waals surface area contributed by atoms with E-state index in [1.807, 2.05) is 18.4 Å². The summed E-state index contributed by atoms with van der Waals surface area (Å²) < 4.78 is 0. The Morgan fingerprint density at radius 3 is 2.89 bits per heavy atom. The predicted molar refractivity (Wildman–Crippen MR) is 72.0 cm³/mol. The van der Waals surface area contributed by atoms with Crippen LogP contribution in [0.1, 0.15) is 24.1 Å². The minimum absolute atomic E-state index is 0.0451. The first-order chi connectivity index (χ1) is 8.58. The molecule has 0 radical (unpaired) electrons. The number of nitrogens with one attached hydrogen (secondary N) is 1. The number of thiophene rings is 1. The largest absolute Gasteiger partial charge is 0.364 e. The number of hydrogen-bond donors (Lipinski definition) is 1. The lowest BCUT2D eigenvalue weighted by atomic mass is 10.2. The third kappa shape index (κ3) is 2.65. The number of anilines is 1. The molecule has 0 aliphatic rings. The van der Waals surface area contributed by atoms with Gasteiger partial charge in [0.1, 0.15) is 12.0 Å². The average molecular weight is 263 g/mol. The fourth-order valence-corrected chi connectivity index (χ4v) is 2.40. The lowest BCUT2D eigenvalue weighted by molar-refractivity contribution is -0.385. The van der Waals surface area contributed by atoms with Crippen LogP contribution in [0.15, 0.2) is 29.1 Å². The summed E-state index contributed by atoms with van der Waals surface area (Å²) in [6, 6.07) is 3.87. The maximum Gasteiger partial charge on any atom is 0.290 e.